The molecule has 0 unspecified atom stereocenters. The van der Waals surface area contributed by atoms with Crippen LogP contribution in [0.25, 0.3) is 5.57 Å². The van der Waals surface area contributed by atoms with Gasteiger partial charge in [-0.15, -0.1) is 0 Å². The van der Waals surface area contributed by atoms with Crippen LogP contribution < -0.4 is 5.73 Å². The van der Waals surface area contributed by atoms with Crippen molar-refractivity contribution in [3.05, 3.63) is 41.5 Å². The summed E-state index contributed by atoms with van der Waals surface area (Å²) >= 11 is 0. The lowest BCUT2D eigenvalue weighted by atomic mass is 10.0. The van der Waals surface area contributed by atoms with Gasteiger partial charge in [0.15, 0.2) is 0 Å². The Hall–Kier alpha value is -1.08. The predicted octanol–water partition coefficient (Wildman–Crippen LogP) is 2.75. The Kier molecular flexibility index (Phi) is 3.71. The van der Waals surface area contributed by atoms with Crippen LogP contribution in [0, 0.1) is 6.92 Å². The molecule has 0 atom stereocenters. The van der Waals surface area contributed by atoms with Crippen LogP contribution in [0.2, 0.25) is 0 Å². The van der Waals surface area contributed by atoms with Gasteiger partial charge in [0.05, 0.1) is 0 Å². The maximum Gasteiger partial charge on any atom is -0.00424 e. The molecule has 2 N–H and O–H groups in total. The number of rotatable bonds is 3. The topological polar surface area (TPSA) is 26.0 Å². The van der Waals surface area contributed by atoms with Gasteiger partial charge < -0.3 is 5.73 Å². The smallest absolute Gasteiger partial charge is 0.00424 e. The first kappa shape index (κ1) is 10.0. The number of benzene rings is 1. The second-order valence-corrected chi connectivity index (χ2v) is 3.33. The van der Waals surface area contributed by atoms with Crippen LogP contribution in [0.15, 0.2) is 30.3 Å². The molecule has 0 radical (unpaired) electrons. The van der Waals surface area contributed by atoms with Gasteiger partial charge in [-0.1, -0.05) is 35.9 Å². The van der Waals surface area contributed by atoms with E-state index >= 15 is 0 Å². The van der Waals surface area contributed by atoms with Crippen LogP contribution in [-0.4, -0.2) is 6.54 Å². The molecule has 0 saturated carbocycles. The molecule has 0 saturated heterocycles. The molecule has 1 aromatic carbocycles. The van der Waals surface area contributed by atoms with E-state index in [1.807, 2.05) is 0 Å². The summed E-state index contributed by atoms with van der Waals surface area (Å²) in [6.07, 6.45) is 3.15. The van der Waals surface area contributed by atoms with Crippen LogP contribution in [0.3, 0.4) is 0 Å². The number of hydrogen-bond acceptors (Lipinski definition) is 1. The lowest BCUT2D eigenvalue weighted by Gasteiger charge is -2.02. The maximum atomic E-state index is 5.44. The molecule has 0 aliphatic carbocycles. The largest absolute Gasteiger partial charge is 0.330 e. The zero-order chi connectivity index (χ0) is 9.68. The van der Waals surface area contributed by atoms with Crippen molar-refractivity contribution < 1.29 is 0 Å². The van der Waals surface area contributed by atoms with Crippen LogP contribution in [0.5, 0.6) is 0 Å². The van der Waals surface area contributed by atoms with E-state index in [0.29, 0.717) is 0 Å². The summed E-state index contributed by atoms with van der Waals surface area (Å²) < 4.78 is 0. The Morgan fingerprint density at radius 2 is 2.23 bits per heavy atom. The van der Waals surface area contributed by atoms with Crippen molar-refractivity contribution in [1.29, 1.82) is 0 Å². The average molecular weight is 175 g/mol. The molecule has 0 spiro atoms. The second kappa shape index (κ2) is 4.83. The molecule has 0 heterocycles. The Morgan fingerprint density at radius 3 is 2.85 bits per heavy atom. The number of hydrogen-bond donors (Lipinski definition) is 1. The summed E-state index contributed by atoms with van der Waals surface area (Å²) in [5, 5.41) is 0. The monoisotopic (exact) mass is 175 g/mol. The highest BCUT2D eigenvalue weighted by Crippen LogP contribution is 2.15. The van der Waals surface area contributed by atoms with Gasteiger partial charge in [0, 0.05) is 0 Å². The van der Waals surface area contributed by atoms with Crippen molar-refractivity contribution in [2.24, 2.45) is 5.73 Å². The molecular formula is C12H17N. The third kappa shape index (κ3) is 3.03. The highest BCUT2D eigenvalue weighted by atomic mass is 14.5. The number of allylic oxidation sites excluding steroid dienone is 1. The van der Waals surface area contributed by atoms with Crippen molar-refractivity contribution >= 4 is 5.57 Å². The Morgan fingerprint density at radius 1 is 1.46 bits per heavy atom. The summed E-state index contributed by atoms with van der Waals surface area (Å²) in [6, 6.07) is 8.53. The molecule has 0 bridgehead atoms. The standard InChI is InChI=1S/C12H17N/c1-10-5-3-7-12(9-10)11(2)6-4-8-13/h3,5-7,9H,4,8,13H2,1-2H3/b11-6+. The summed E-state index contributed by atoms with van der Waals surface area (Å²) in [7, 11) is 0. The highest BCUT2D eigenvalue weighted by Gasteiger charge is 1.94. The molecule has 1 aromatic rings. The highest BCUT2D eigenvalue weighted by molar-refractivity contribution is 5.64. The first-order valence-electron chi connectivity index (χ1n) is 4.68. The van der Waals surface area contributed by atoms with Gasteiger partial charge in [-0.3, -0.25) is 0 Å². The molecule has 0 aliphatic rings. The van der Waals surface area contributed by atoms with E-state index in [-0.39, 0.29) is 0 Å². The Labute approximate surface area is 80.3 Å². The lowest BCUT2D eigenvalue weighted by molar-refractivity contribution is 1.01. The molecule has 0 fully saturated rings. The number of nitrogens with two attached hydrogens (primary N) is 1. The van der Waals surface area contributed by atoms with Crippen molar-refractivity contribution in [2.45, 2.75) is 20.3 Å². The normalized spacial score (nSPS) is 11.8. The van der Waals surface area contributed by atoms with E-state index in [1.54, 1.807) is 0 Å². The molecule has 1 rings (SSSR count). The zero-order valence-electron chi connectivity index (χ0n) is 8.38. The molecule has 1 nitrogen and oxygen atoms in total. The van der Waals surface area contributed by atoms with E-state index in [9.17, 15) is 0 Å². The van der Waals surface area contributed by atoms with Crippen LogP contribution in [0.4, 0.5) is 0 Å². The van der Waals surface area contributed by atoms with E-state index in [0.717, 1.165) is 13.0 Å². The van der Waals surface area contributed by atoms with E-state index in [4.69, 9.17) is 5.73 Å². The van der Waals surface area contributed by atoms with E-state index in [2.05, 4.69) is 44.2 Å². The van der Waals surface area contributed by atoms with Gasteiger partial charge in [0.1, 0.15) is 0 Å². The van der Waals surface area contributed by atoms with Crippen LogP contribution in [0.1, 0.15) is 24.5 Å². The lowest BCUT2D eigenvalue weighted by Crippen LogP contribution is -1.95. The molecule has 0 amide bonds. The molecule has 0 aromatic heterocycles. The summed E-state index contributed by atoms with van der Waals surface area (Å²) in [6.45, 7) is 4.97. The van der Waals surface area contributed by atoms with Gasteiger partial charge in [0.2, 0.25) is 0 Å². The van der Waals surface area contributed by atoms with Crippen molar-refractivity contribution in [3.63, 3.8) is 0 Å². The quantitative estimate of drug-likeness (QED) is 0.751. The fraction of sp³-hybridized carbons (Fsp3) is 0.333. The van der Waals surface area contributed by atoms with Gasteiger partial charge in [-0.25, -0.2) is 0 Å². The minimum Gasteiger partial charge on any atom is -0.330 e. The van der Waals surface area contributed by atoms with Crippen molar-refractivity contribution in [2.75, 3.05) is 6.54 Å². The number of aryl methyl sites for hydroxylation is 1. The predicted molar refractivity (Wildman–Crippen MR) is 58.5 cm³/mol. The van der Waals surface area contributed by atoms with E-state index in [1.165, 1.54) is 16.7 Å². The van der Waals surface area contributed by atoms with Gasteiger partial charge >= 0.3 is 0 Å². The van der Waals surface area contributed by atoms with Gasteiger partial charge in [-0.2, -0.15) is 0 Å². The van der Waals surface area contributed by atoms with Gasteiger partial charge in [-0.05, 0) is 37.9 Å². The zero-order valence-corrected chi connectivity index (χ0v) is 8.38. The summed E-state index contributed by atoms with van der Waals surface area (Å²) in [5.74, 6) is 0. The SMILES string of the molecule is C/C(=C\CCN)c1cccc(C)c1. The van der Waals surface area contributed by atoms with E-state index < -0.39 is 0 Å². The first-order chi connectivity index (χ1) is 6.24. The maximum absolute atomic E-state index is 5.44. The molecule has 13 heavy (non-hydrogen) atoms. The Balaban J connectivity index is 2.82. The molecule has 1 heteroatoms. The van der Waals surface area contributed by atoms with Crippen molar-refractivity contribution in [3.8, 4) is 0 Å². The first-order valence-corrected chi connectivity index (χ1v) is 4.68. The third-order valence-corrected chi connectivity index (χ3v) is 2.09. The second-order valence-electron chi connectivity index (χ2n) is 3.33. The van der Waals surface area contributed by atoms with Crippen molar-refractivity contribution in [1.82, 2.24) is 0 Å². The average Bonchev–Trinajstić information content (AvgIpc) is 2.14. The summed E-state index contributed by atoms with van der Waals surface area (Å²) in [4.78, 5) is 0. The van der Waals surface area contributed by atoms with Gasteiger partial charge in [0.25, 0.3) is 0 Å². The van der Waals surface area contributed by atoms with Crippen LogP contribution in [-0.2, 0) is 0 Å². The fourth-order valence-corrected chi connectivity index (χ4v) is 1.31. The minimum absolute atomic E-state index is 0.725. The summed E-state index contributed by atoms with van der Waals surface area (Å²) in [5.41, 5.74) is 9.36. The molecule has 70 valence electrons. The van der Waals surface area contributed by atoms with Crippen LogP contribution >= 0.6 is 0 Å². The third-order valence-electron chi connectivity index (χ3n) is 2.09. The minimum atomic E-state index is 0.725. The fourth-order valence-electron chi connectivity index (χ4n) is 1.31. The Bertz CT molecular complexity index is 300. The molecular weight excluding hydrogens is 158 g/mol. The molecule has 0 aliphatic heterocycles.